The third-order valence-electron chi connectivity index (χ3n) is 29.6. The molecule has 29 aromatic rings. The van der Waals surface area contributed by atoms with Crippen LogP contribution in [0.15, 0.2) is 516 Å². The fraction of sp³-hybridized carbons (Fsp3) is 0.0219. The van der Waals surface area contributed by atoms with E-state index in [1.165, 1.54) is 212 Å². The van der Waals surface area contributed by atoms with E-state index in [0.29, 0.717) is 0 Å². The van der Waals surface area contributed by atoms with Gasteiger partial charge in [0.2, 0.25) is 0 Å². The minimum absolute atomic E-state index is 1.12. The Bertz CT molecular complexity index is 10000. The SMILES string of the molecule is Cc1ccc(N(c2ccc3c4ccccc4n(-c4ccc5ccccc5c4)c3c2)c2cccc3c4ccccc4c4ccccc4c23)cc1.Cc1ccc(N(c2ccc3c4ccccc4n(-c4cccc5ccccc45)c3c2)c2cccc3c4ccccc4c4ccccc4c23)cc1.Cc1ccc(N(c2ccc3c4ccccc4n(-c4ccccc4)c3c2)c2cccc3c4ccccc4c4ccccc4c23)cc1. The molecule has 0 aliphatic carbocycles. The van der Waals surface area contributed by atoms with Gasteiger partial charge in [-0.1, -0.05) is 393 Å². The first-order valence-electron chi connectivity index (χ1n) is 49.4. The van der Waals surface area contributed by atoms with Crippen LogP contribution in [0.2, 0.25) is 0 Å². The Kier molecular flexibility index (Phi) is 20.2. The van der Waals surface area contributed by atoms with E-state index < -0.39 is 0 Å². The molecule has 0 saturated heterocycles. The molecule has 0 radical (unpaired) electrons. The summed E-state index contributed by atoms with van der Waals surface area (Å²) in [5, 5.41) is 35.3. The van der Waals surface area contributed by atoms with Gasteiger partial charge in [0.05, 0.1) is 55.8 Å². The molecule has 0 bridgehead atoms. The molecule has 6 nitrogen and oxygen atoms in total. The molecule has 0 fully saturated rings. The number of aryl methyl sites for hydroxylation is 3. The van der Waals surface area contributed by atoms with Gasteiger partial charge in [-0.2, -0.15) is 0 Å². The van der Waals surface area contributed by atoms with Crippen LogP contribution in [0.5, 0.6) is 0 Å². The van der Waals surface area contributed by atoms with Crippen LogP contribution in [0.3, 0.4) is 0 Å². The number of anilines is 9. The summed E-state index contributed by atoms with van der Waals surface area (Å²) < 4.78 is 7.28. The van der Waals surface area contributed by atoms with Crippen LogP contribution in [0.1, 0.15) is 16.7 Å². The molecule has 0 unspecified atom stereocenters. The lowest BCUT2D eigenvalue weighted by atomic mass is 9.93. The minimum atomic E-state index is 1.12. The highest BCUT2D eigenvalue weighted by molar-refractivity contribution is 6.32. The highest BCUT2D eigenvalue weighted by Gasteiger charge is 2.28. The fourth-order valence-corrected chi connectivity index (χ4v) is 23.1. The Labute approximate surface area is 827 Å². The lowest BCUT2D eigenvalue weighted by molar-refractivity contribution is 1.18. The standard InChI is InChI=1S/2C47H32N2.C43H30N2/c1-31-24-26-33(27-25-31)48(45-23-11-20-42-38-16-5-4-15-36(38)37-17-6-7-19-41(37)47(42)45)34-28-29-40-39-18-8-9-21-44(39)49(46(40)30-34)43-22-10-13-32-12-2-3-14-35(32)43;1-31-21-24-34(25-22-31)48(45-20-10-18-43-39-14-5-4-13-37(39)38-15-6-7-17-42(38)47(43)45)36-27-28-41-40-16-8-9-19-44(40)49(46(41)30-36)35-26-23-32-11-2-3-12-33(32)29-35;1-29-22-24-31(25-23-29)44(41-21-11-19-39-35-15-6-5-14-33(35)34-16-7-8-18-38(34)43(39)41)32-26-27-37-36-17-9-10-20-40(36)45(42(37)28-32)30-12-3-2-4-13-30/h2*2-30H,1H3;2-28H,1H3. The number of rotatable bonds is 12. The molecule has 0 spiro atoms. The second-order valence-electron chi connectivity index (χ2n) is 37.9. The van der Waals surface area contributed by atoms with Crippen molar-refractivity contribution in [3.8, 4) is 17.1 Å². The van der Waals surface area contributed by atoms with Crippen molar-refractivity contribution in [2.75, 3.05) is 14.7 Å². The number of para-hydroxylation sites is 4. The summed E-state index contributed by atoms with van der Waals surface area (Å²) in [6, 6.07) is 189. The summed E-state index contributed by atoms with van der Waals surface area (Å²) >= 11 is 0. The third-order valence-corrected chi connectivity index (χ3v) is 29.6. The highest BCUT2D eigenvalue weighted by atomic mass is 15.2. The number of benzene rings is 26. The second kappa shape index (κ2) is 34.5. The van der Waals surface area contributed by atoms with Crippen LogP contribution < -0.4 is 14.7 Å². The van der Waals surface area contributed by atoms with Crippen LogP contribution in [-0.2, 0) is 0 Å². The van der Waals surface area contributed by atoms with Gasteiger partial charge in [0, 0.05) is 99.4 Å². The first-order chi connectivity index (χ1) is 70.7. The molecule has 29 rings (SSSR count). The molecule has 0 amide bonds. The predicted molar refractivity (Wildman–Crippen MR) is 613 cm³/mol. The topological polar surface area (TPSA) is 24.5 Å². The van der Waals surface area contributed by atoms with E-state index in [1.807, 2.05) is 0 Å². The normalized spacial score (nSPS) is 11.7. The Morgan fingerprint density at radius 3 is 0.762 bits per heavy atom. The van der Waals surface area contributed by atoms with Crippen molar-refractivity contribution in [2.24, 2.45) is 0 Å². The number of hydrogen-bond donors (Lipinski definition) is 0. The number of hydrogen-bond acceptors (Lipinski definition) is 3. The van der Waals surface area contributed by atoms with Gasteiger partial charge in [0.15, 0.2) is 0 Å². The van der Waals surface area contributed by atoms with Gasteiger partial charge < -0.3 is 28.4 Å². The Morgan fingerprint density at radius 2 is 0.392 bits per heavy atom. The first kappa shape index (κ1) is 83.7. The van der Waals surface area contributed by atoms with Crippen molar-refractivity contribution in [2.45, 2.75) is 20.8 Å². The lowest BCUT2D eigenvalue weighted by Gasteiger charge is -2.28. The molecule has 26 aromatic carbocycles. The molecular weight excluding hydrogens is 1730 g/mol. The van der Waals surface area contributed by atoms with E-state index in [1.54, 1.807) is 0 Å². The highest BCUT2D eigenvalue weighted by Crippen LogP contribution is 2.52. The van der Waals surface area contributed by atoms with Crippen LogP contribution in [-0.4, -0.2) is 13.7 Å². The number of aromatic nitrogens is 3. The maximum Gasteiger partial charge on any atom is 0.0562 e. The zero-order valence-electron chi connectivity index (χ0n) is 79.3. The minimum Gasteiger partial charge on any atom is -0.310 e. The Balaban J connectivity index is 0.000000107. The van der Waals surface area contributed by atoms with Crippen molar-refractivity contribution in [1.29, 1.82) is 0 Å². The third kappa shape index (κ3) is 14.0. The summed E-state index contributed by atoms with van der Waals surface area (Å²) in [7, 11) is 0. The van der Waals surface area contributed by atoms with Gasteiger partial charge in [-0.3, -0.25) is 0 Å². The smallest absolute Gasteiger partial charge is 0.0562 e. The van der Waals surface area contributed by atoms with Gasteiger partial charge >= 0.3 is 0 Å². The van der Waals surface area contributed by atoms with Crippen molar-refractivity contribution in [3.63, 3.8) is 0 Å². The maximum absolute atomic E-state index is 2.45. The van der Waals surface area contributed by atoms with Crippen LogP contribution >= 0.6 is 0 Å². The molecule has 0 atom stereocenters. The first-order valence-corrected chi connectivity index (χ1v) is 49.4. The monoisotopic (exact) mass is 1820 g/mol. The van der Waals surface area contributed by atoms with E-state index in [4.69, 9.17) is 0 Å². The lowest BCUT2D eigenvalue weighted by Crippen LogP contribution is -2.11. The summed E-state index contributed by atoms with van der Waals surface area (Å²) in [5.41, 5.74) is 24.6. The largest absolute Gasteiger partial charge is 0.310 e. The van der Waals surface area contributed by atoms with Crippen molar-refractivity contribution < 1.29 is 0 Å². The molecule has 0 aliphatic rings. The molecule has 143 heavy (non-hydrogen) atoms. The molecule has 3 heterocycles. The molecule has 0 N–H and O–H groups in total. The fourth-order valence-electron chi connectivity index (χ4n) is 23.1. The number of fused-ring (bicyclic) bond motifs is 29. The summed E-state index contributed by atoms with van der Waals surface area (Å²) in [4.78, 5) is 7.34. The molecule has 0 saturated carbocycles. The van der Waals surface area contributed by atoms with E-state index >= 15 is 0 Å². The van der Waals surface area contributed by atoms with E-state index in [0.717, 1.165) is 56.9 Å². The van der Waals surface area contributed by atoms with Gasteiger partial charge in [0.1, 0.15) is 0 Å². The quantitative estimate of drug-likeness (QED) is 0.114. The zero-order valence-corrected chi connectivity index (χ0v) is 79.3. The average Bonchev–Trinajstić information content (AvgIpc) is 1.61. The maximum atomic E-state index is 2.45. The van der Waals surface area contributed by atoms with Crippen molar-refractivity contribution in [3.05, 3.63) is 532 Å². The molecule has 3 aromatic heterocycles. The molecular formula is C137H94N6. The molecule has 672 valence electrons. The van der Waals surface area contributed by atoms with Crippen LogP contribution in [0, 0.1) is 20.8 Å². The van der Waals surface area contributed by atoms with Crippen LogP contribution in [0.25, 0.3) is 201 Å². The van der Waals surface area contributed by atoms with E-state index in [9.17, 15) is 0 Å². The summed E-state index contributed by atoms with van der Waals surface area (Å²) in [6.45, 7) is 6.45. The van der Waals surface area contributed by atoms with Gasteiger partial charge in [0.25, 0.3) is 0 Å². The van der Waals surface area contributed by atoms with Gasteiger partial charge in [-0.15, -0.1) is 0 Å². The molecule has 6 heteroatoms. The van der Waals surface area contributed by atoms with Crippen molar-refractivity contribution >= 4 is 235 Å². The second-order valence-corrected chi connectivity index (χ2v) is 37.9. The predicted octanol–water partition coefficient (Wildman–Crippen LogP) is 38.4. The Morgan fingerprint density at radius 1 is 0.140 bits per heavy atom. The average molecular weight is 1820 g/mol. The summed E-state index contributed by atoms with van der Waals surface area (Å²) in [5.74, 6) is 0. The van der Waals surface area contributed by atoms with Crippen LogP contribution in [0.4, 0.5) is 51.2 Å². The van der Waals surface area contributed by atoms with Crippen molar-refractivity contribution in [1.82, 2.24) is 13.7 Å². The number of nitrogens with zero attached hydrogens (tertiary/aromatic N) is 6. The van der Waals surface area contributed by atoms with Gasteiger partial charge in [-0.05, 0) is 257 Å². The molecule has 0 aliphatic heterocycles. The Hall–Kier alpha value is -18.6. The van der Waals surface area contributed by atoms with E-state index in [-0.39, 0.29) is 0 Å². The van der Waals surface area contributed by atoms with E-state index in [2.05, 4.69) is 565 Å². The zero-order chi connectivity index (χ0) is 94.9. The van der Waals surface area contributed by atoms with Gasteiger partial charge in [-0.25, -0.2) is 0 Å². The summed E-state index contributed by atoms with van der Waals surface area (Å²) in [6.07, 6.45) is 0.